The van der Waals surface area contributed by atoms with Crippen LogP contribution in [0.4, 0.5) is 17.1 Å². The van der Waals surface area contributed by atoms with Gasteiger partial charge in [0.25, 0.3) is 17.2 Å². The number of hydrogen-bond donors (Lipinski definition) is 3. The van der Waals surface area contributed by atoms with Crippen LogP contribution in [-0.2, 0) is 4.79 Å². The van der Waals surface area contributed by atoms with E-state index >= 15 is 0 Å². The highest BCUT2D eigenvalue weighted by Crippen LogP contribution is 2.25. The molecule has 0 bridgehead atoms. The van der Waals surface area contributed by atoms with Gasteiger partial charge in [0.15, 0.2) is 0 Å². The zero-order valence-corrected chi connectivity index (χ0v) is 16.5. The lowest BCUT2D eigenvalue weighted by Gasteiger charge is -2.02. The lowest BCUT2D eigenvalue weighted by Crippen LogP contribution is -2.20. The van der Waals surface area contributed by atoms with E-state index in [0.29, 0.717) is 26.1 Å². The van der Waals surface area contributed by atoms with Crippen molar-refractivity contribution < 1.29 is 9.72 Å². The second kappa shape index (κ2) is 8.53. The first-order valence-electron chi connectivity index (χ1n) is 8.62. The van der Waals surface area contributed by atoms with Crippen LogP contribution in [0.5, 0.6) is 0 Å². The van der Waals surface area contributed by atoms with Gasteiger partial charge < -0.3 is 15.6 Å². The molecule has 148 valence electrons. The summed E-state index contributed by atoms with van der Waals surface area (Å²) in [5.41, 5.74) is 2.17. The molecule has 0 aliphatic carbocycles. The second-order valence-corrected chi connectivity index (χ2v) is 7.30. The molecule has 0 saturated carbocycles. The number of nitrogens with zero attached hydrogens (tertiary/aromatic N) is 1. The average molecular weight is 410 g/mol. The number of anilines is 2. The largest absolute Gasteiger partial charge is 0.383 e. The first-order chi connectivity index (χ1) is 13.9. The monoisotopic (exact) mass is 410 g/mol. The van der Waals surface area contributed by atoms with Gasteiger partial charge in [0, 0.05) is 24.9 Å². The fraction of sp³-hybridized carbons (Fsp3) is 0.100. The van der Waals surface area contributed by atoms with Crippen LogP contribution in [0.1, 0.15) is 11.1 Å². The van der Waals surface area contributed by atoms with Crippen molar-refractivity contribution in [3.8, 4) is 0 Å². The Labute approximate surface area is 169 Å². The third-order valence-electron chi connectivity index (χ3n) is 4.05. The van der Waals surface area contributed by atoms with Crippen molar-refractivity contribution in [1.82, 2.24) is 4.98 Å². The minimum absolute atomic E-state index is 0.0847. The summed E-state index contributed by atoms with van der Waals surface area (Å²) in [6.07, 6.45) is 2.85. The molecule has 1 heterocycles. The quantitative estimate of drug-likeness (QED) is 0.439. The van der Waals surface area contributed by atoms with Gasteiger partial charge in [0.1, 0.15) is 10.4 Å². The molecule has 1 aromatic heterocycles. The summed E-state index contributed by atoms with van der Waals surface area (Å²) in [6.45, 7) is 1.95. The topological polar surface area (TPSA) is 117 Å². The van der Waals surface area contributed by atoms with E-state index < -0.39 is 4.92 Å². The number of carbonyl (C=O) groups excluding carboxylic acids is 1. The first-order valence-corrected chi connectivity index (χ1v) is 9.44. The maximum Gasteiger partial charge on any atom is 0.292 e. The Balaban J connectivity index is 1.90. The molecule has 0 radical (unpaired) electrons. The summed E-state index contributed by atoms with van der Waals surface area (Å²) in [7, 11) is 1.60. The van der Waals surface area contributed by atoms with E-state index in [1.165, 1.54) is 12.1 Å². The molecule has 1 amide bonds. The van der Waals surface area contributed by atoms with Crippen molar-refractivity contribution in [2.45, 2.75) is 6.92 Å². The van der Waals surface area contributed by atoms with E-state index in [1.807, 2.05) is 19.1 Å². The van der Waals surface area contributed by atoms with Crippen LogP contribution >= 0.6 is 11.3 Å². The molecule has 9 heteroatoms. The van der Waals surface area contributed by atoms with Gasteiger partial charge in [-0.25, -0.2) is 0 Å². The Morgan fingerprint density at radius 2 is 1.93 bits per heavy atom. The Bertz CT molecular complexity index is 1240. The van der Waals surface area contributed by atoms with E-state index in [0.717, 1.165) is 16.9 Å². The average Bonchev–Trinajstić information content (AvgIpc) is 3.02. The van der Waals surface area contributed by atoms with Crippen LogP contribution in [0.2, 0.25) is 0 Å². The molecule has 0 unspecified atom stereocenters. The predicted molar refractivity (Wildman–Crippen MR) is 115 cm³/mol. The fourth-order valence-corrected chi connectivity index (χ4v) is 3.50. The van der Waals surface area contributed by atoms with Gasteiger partial charge in [0.2, 0.25) is 0 Å². The zero-order chi connectivity index (χ0) is 21.0. The molecule has 3 aromatic rings. The number of nitro groups is 1. The van der Waals surface area contributed by atoms with Crippen molar-refractivity contribution in [3.63, 3.8) is 0 Å². The molecule has 8 nitrogen and oxygen atoms in total. The SMILES string of the molecule is CNc1ccc(C=c2sc(=CC(=O)Nc3ccc(C)cc3)[nH]c2=O)cc1[N+](=O)[O-]. The number of rotatable bonds is 5. The smallest absolute Gasteiger partial charge is 0.292 e. The number of aromatic nitrogens is 1. The van der Waals surface area contributed by atoms with E-state index in [2.05, 4.69) is 15.6 Å². The Morgan fingerprint density at radius 1 is 1.21 bits per heavy atom. The van der Waals surface area contributed by atoms with Gasteiger partial charge in [-0.15, -0.1) is 11.3 Å². The summed E-state index contributed by atoms with van der Waals surface area (Å²) in [4.78, 5) is 37.7. The van der Waals surface area contributed by atoms with Crippen LogP contribution in [0.3, 0.4) is 0 Å². The maximum absolute atomic E-state index is 12.2. The van der Waals surface area contributed by atoms with Gasteiger partial charge in [-0.05, 0) is 36.8 Å². The molecule has 0 spiro atoms. The molecule has 3 rings (SSSR count). The van der Waals surface area contributed by atoms with Crippen molar-refractivity contribution in [2.75, 3.05) is 17.7 Å². The molecular weight excluding hydrogens is 392 g/mol. The third-order valence-corrected chi connectivity index (χ3v) is 5.01. The molecule has 3 N–H and O–H groups in total. The summed E-state index contributed by atoms with van der Waals surface area (Å²) in [5, 5.41) is 16.7. The van der Waals surface area contributed by atoms with E-state index in [-0.39, 0.29) is 17.2 Å². The highest BCUT2D eigenvalue weighted by molar-refractivity contribution is 7.07. The van der Waals surface area contributed by atoms with Gasteiger partial charge in [0.05, 0.1) is 9.46 Å². The molecule has 0 atom stereocenters. The number of H-pyrrole nitrogens is 1. The van der Waals surface area contributed by atoms with Crippen molar-refractivity contribution in [3.05, 3.63) is 83.3 Å². The molecule has 0 saturated heterocycles. The van der Waals surface area contributed by atoms with Gasteiger partial charge in [-0.2, -0.15) is 0 Å². The zero-order valence-electron chi connectivity index (χ0n) is 15.7. The molecule has 29 heavy (non-hydrogen) atoms. The second-order valence-electron chi connectivity index (χ2n) is 6.21. The van der Waals surface area contributed by atoms with Crippen LogP contribution < -0.4 is 25.4 Å². The maximum atomic E-state index is 12.2. The number of benzene rings is 2. The van der Waals surface area contributed by atoms with Crippen molar-refractivity contribution >= 4 is 46.5 Å². The van der Waals surface area contributed by atoms with Crippen LogP contribution in [0.25, 0.3) is 12.2 Å². The number of nitrogens with one attached hydrogen (secondary N) is 3. The lowest BCUT2D eigenvalue weighted by molar-refractivity contribution is -0.384. The highest BCUT2D eigenvalue weighted by Gasteiger charge is 2.12. The summed E-state index contributed by atoms with van der Waals surface area (Å²) in [6, 6.07) is 12.0. The number of aryl methyl sites for hydroxylation is 1. The van der Waals surface area contributed by atoms with E-state index in [4.69, 9.17) is 0 Å². The van der Waals surface area contributed by atoms with Gasteiger partial charge in [-0.3, -0.25) is 19.7 Å². The lowest BCUT2D eigenvalue weighted by atomic mass is 10.1. The molecule has 0 aliphatic rings. The fourth-order valence-electron chi connectivity index (χ4n) is 2.61. The minimum atomic E-state index is -0.490. The summed E-state index contributed by atoms with van der Waals surface area (Å²) in [5.74, 6) is -0.369. The van der Waals surface area contributed by atoms with Crippen LogP contribution in [0.15, 0.2) is 47.3 Å². The molecular formula is C20H18N4O4S. The molecule has 2 aromatic carbocycles. The number of thiazole rings is 1. The Hall–Kier alpha value is -3.72. The third kappa shape index (κ3) is 4.96. The minimum Gasteiger partial charge on any atom is -0.383 e. The Morgan fingerprint density at radius 3 is 2.59 bits per heavy atom. The molecule has 0 fully saturated rings. The van der Waals surface area contributed by atoms with Crippen molar-refractivity contribution in [2.24, 2.45) is 0 Å². The van der Waals surface area contributed by atoms with Crippen LogP contribution in [0, 0.1) is 17.0 Å². The van der Waals surface area contributed by atoms with Crippen molar-refractivity contribution in [1.29, 1.82) is 0 Å². The number of nitro benzene ring substituents is 1. The number of aromatic amines is 1. The number of amides is 1. The molecule has 0 aliphatic heterocycles. The van der Waals surface area contributed by atoms with Gasteiger partial charge >= 0.3 is 0 Å². The number of hydrogen-bond acceptors (Lipinski definition) is 6. The standard InChI is InChI=1S/C20H18N4O4S/c1-12-3-6-14(7-4-12)22-18(25)11-19-23-20(26)17(29-19)10-13-5-8-15(21-2)16(9-13)24(27)28/h3-11,21H,1-2H3,(H,22,25)(H,23,26). The first kappa shape index (κ1) is 20.0. The van der Waals surface area contributed by atoms with Gasteiger partial charge in [-0.1, -0.05) is 23.8 Å². The summed E-state index contributed by atoms with van der Waals surface area (Å²) < 4.78 is 0.720. The Kier molecular flexibility index (Phi) is 5.89. The summed E-state index contributed by atoms with van der Waals surface area (Å²) >= 11 is 1.09. The van der Waals surface area contributed by atoms with Crippen LogP contribution in [-0.4, -0.2) is 22.9 Å². The highest BCUT2D eigenvalue weighted by atomic mass is 32.1. The normalized spacial score (nSPS) is 12.1. The van der Waals surface area contributed by atoms with E-state index in [9.17, 15) is 19.7 Å². The number of carbonyl (C=O) groups is 1. The predicted octanol–water partition coefficient (Wildman–Crippen LogP) is 1.94. The van der Waals surface area contributed by atoms with E-state index in [1.54, 1.807) is 37.4 Å².